The zero-order valence-corrected chi connectivity index (χ0v) is 21.0. The van der Waals surface area contributed by atoms with Gasteiger partial charge in [0.2, 0.25) is 0 Å². The number of hydrogen-bond donors (Lipinski definition) is 1. The minimum Gasteiger partial charge on any atom is -0.455 e. The second kappa shape index (κ2) is 8.56. The Morgan fingerprint density at radius 2 is 1.19 bits per heavy atom. The Balaban J connectivity index is 1.46. The fourth-order valence-corrected chi connectivity index (χ4v) is 5.45. The van der Waals surface area contributed by atoms with E-state index in [-0.39, 0.29) is 0 Å². The molecule has 5 aromatic carbocycles. The third-order valence-corrected chi connectivity index (χ3v) is 7.16. The summed E-state index contributed by atoms with van der Waals surface area (Å²) in [6, 6.07) is 34.1. The fraction of sp³-hybridized carbons (Fsp3) is 0.118. The van der Waals surface area contributed by atoms with Crippen molar-refractivity contribution in [2.45, 2.75) is 20.3 Å². The number of nitrogens with one attached hydrogen (secondary N) is 1. The van der Waals surface area contributed by atoms with Crippen LogP contribution in [0.1, 0.15) is 18.9 Å². The molecule has 3 heteroatoms. The molecule has 0 aliphatic carbocycles. The Hall–Kier alpha value is -4.50. The van der Waals surface area contributed by atoms with Crippen LogP contribution >= 0.6 is 0 Å². The van der Waals surface area contributed by atoms with E-state index in [9.17, 15) is 0 Å². The molecule has 0 bridgehead atoms. The monoisotopic (exact) mass is 481 g/mol. The number of para-hydroxylation sites is 2. The van der Waals surface area contributed by atoms with Crippen molar-refractivity contribution in [1.29, 1.82) is 0 Å². The van der Waals surface area contributed by atoms with E-state index in [1.165, 1.54) is 5.56 Å². The molecule has 37 heavy (non-hydrogen) atoms. The van der Waals surface area contributed by atoms with Gasteiger partial charge in [-0.25, -0.2) is 0 Å². The number of anilines is 1. The quantitative estimate of drug-likeness (QED) is 0.266. The molecular weight excluding hydrogens is 454 g/mol. The normalized spacial score (nSPS) is 11.7. The second-order valence-corrected chi connectivity index (χ2v) is 9.79. The number of rotatable bonds is 5. The number of fused-ring (bicyclic) bond motifs is 6. The highest BCUT2D eigenvalue weighted by atomic mass is 16.3. The minimum atomic E-state index is 0.908. The van der Waals surface area contributed by atoms with Gasteiger partial charge in [0.1, 0.15) is 22.3 Å². The van der Waals surface area contributed by atoms with Crippen LogP contribution in [0.2, 0.25) is 0 Å². The Morgan fingerprint density at radius 3 is 1.84 bits per heavy atom. The first-order valence-electron chi connectivity index (χ1n) is 12.9. The van der Waals surface area contributed by atoms with Gasteiger partial charge in [-0.1, -0.05) is 61.5 Å². The SMILES string of the molecule is CCCNc1cc(-c2cccc(-c3cc(C)cc4c3oc3ccccc34)c2)c2oc3ccccc3c2c1. The van der Waals surface area contributed by atoms with Crippen LogP contribution < -0.4 is 5.32 Å². The van der Waals surface area contributed by atoms with Crippen LogP contribution in [0.4, 0.5) is 5.69 Å². The van der Waals surface area contributed by atoms with Gasteiger partial charge in [0.15, 0.2) is 0 Å². The van der Waals surface area contributed by atoms with Crippen molar-refractivity contribution >= 4 is 49.6 Å². The first-order valence-corrected chi connectivity index (χ1v) is 12.9. The van der Waals surface area contributed by atoms with E-state index in [1.807, 2.05) is 24.3 Å². The molecule has 0 fully saturated rings. The molecule has 2 aromatic heterocycles. The van der Waals surface area contributed by atoms with E-state index in [0.717, 1.165) is 84.8 Å². The summed E-state index contributed by atoms with van der Waals surface area (Å²) in [6.45, 7) is 5.26. The van der Waals surface area contributed by atoms with Crippen LogP contribution in [0, 0.1) is 6.92 Å². The first kappa shape index (κ1) is 21.8. The van der Waals surface area contributed by atoms with Gasteiger partial charge in [-0.15, -0.1) is 0 Å². The maximum atomic E-state index is 6.43. The van der Waals surface area contributed by atoms with Crippen molar-refractivity contribution in [3.63, 3.8) is 0 Å². The van der Waals surface area contributed by atoms with E-state index >= 15 is 0 Å². The molecule has 0 aliphatic rings. The summed E-state index contributed by atoms with van der Waals surface area (Å²) in [5, 5.41) is 8.16. The lowest BCUT2D eigenvalue weighted by atomic mass is 9.95. The van der Waals surface area contributed by atoms with E-state index in [1.54, 1.807) is 0 Å². The summed E-state index contributed by atoms with van der Waals surface area (Å²) in [4.78, 5) is 0. The largest absolute Gasteiger partial charge is 0.455 e. The van der Waals surface area contributed by atoms with Gasteiger partial charge in [-0.05, 0) is 72.5 Å². The molecule has 0 aliphatic heterocycles. The van der Waals surface area contributed by atoms with E-state index in [4.69, 9.17) is 8.83 Å². The molecule has 3 nitrogen and oxygen atoms in total. The highest BCUT2D eigenvalue weighted by molar-refractivity contribution is 6.12. The number of furan rings is 2. The maximum absolute atomic E-state index is 6.43. The predicted octanol–water partition coefficient (Wildman–Crippen LogP) is 9.95. The molecule has 0 amide bonds. The smallest absolute Gasteiger partial charge is 0.143 e. The summed E-state index contributed by atoms with van der Waals surface area (Å²) in [5.74, 6) is 0. The van der Waals surface area contributed by atoms with Crippen molar-refractivity contribution in [2.75, 3.05) is 11.9 Å². The first-order chi connectivity index (χ1) is 18.2. The van der Waals surface area contributed by atoms with Crippen LogP contribution in [0.3, 0.4) is 0 Å². The van der Waals surface area contributed by atoms with Crippen LogP contribution in [0.25, 0.3) is 66.1 Å². The summed E-state index contributed by atoms with van der Waals surface area (Å²) in [7, 11) is 0. The van der Waals surface area contributed by atoms with Crippen LogP contribution in [0.15, 0.2) is 106 Å². The lowest BCUT2D eigenvalue weighted by Crippen LogP contribution is -1.99. The minimum absolute atomic E-state index is 0.908. The number of hydrogen-bond acceptors (Lipinski definition) is 3. The Bertz CT molecular complexity index is 1940. The van der Waals surface area contributed by atoms with Crippen LogP contribution in [-0.4, -0.2) is 6.54 Å². The van der Waals surface area contributed by atoms with Crippen molar-refractivity contribution in [2.24, 2.45) is 0 Å². The molecule has 180 valence electrons. The lowest BCUT2D eigenvalue weighted by Gasteiger charge is -2.11. The molecule has 0 radical (unpaired) electrons. The van der Waals surface area contributed by atoms with Crippen molar-refractivity contribution in [3.8, 4) is 22.3 Å². The third-order valence-electron chi connectivity index (χ3n) is 7.16. The van der Waals surface area contributed by atoms with Crippen molar-refractivity contribution in [3.05, 3.63) is 103 Å². The third kappa shape index (κ3) is 3.58. The highest BCUT2D eigenvalue weighted by Gasteiger charge is 2.17. The molecule has 0 saturated carbocycles. The second-order valence-electron chi connectivity index (χ2n) is 9.79. The average Bonchev–Trinajstić information content (AvgIpc) is 3.49. The lowest BCUT2D eigenvalue weighted by molar-refractivity contribution is 0.670. The number of benzene rings is 5. The molecule has 0 unspecified atom stereocenters. The standard InChI is InChI=1S/C34H27NO2/c1-3-15-35-24-19-28(34-30(20-24)26-12-5-7-14-32(26)37-34)23-10-8-9-22(18-23)27-16-21(2)17-29-25-11-4-6-13-31(25)36-33(27)29/h4-14,16-20,35H,3,15H2,1-2H3. The van der Waals surface area contributed by atoms with Gasteiger partial charge in [0.05, 0.1) is 0 Å². The van der Waals surface area contributed by atoms with Crippen LogP contribution in [0.5, 0.6) is 0 Å². The highest BCUT2D eigenvalue weighted by Crippen LogP contribution is 2.41. The van der Waals surface area contributed by atoms with E-state index in [2.05, 4.69) is 92.0 Å². The van der Waals surface area contributed by atoms with Gasteiger partial charge in [-0.3, -0.25) is 0 Å². The summed E-state index contributed by atoms with van der Waals surface area (Å²) < 4.78 is 12.8. The molecule has 1 N–H and O–H groups in total. The topological polar surface area (TPSA) is 38.3 Å². The Kier molecular flexibility index (Phi) is 5.03. The van der Waals surface area contributed by atoms with Gasteiger partial charge in [0, 0.05) is 44.9 Å². The summed E-state index contributed by atoms with van der Waals surface area (Å²) in [5.41, 5.74) is 10.4. The molecule has 0 spiro atoms. The van der Waals surface area contributed by atoms with Crippen LogP contribution in [-0.2, 0) is 0 Å². The average molecular weight is 482 g/mol. The van der Waals surface area contributed by atoms with E-state index in [0.29, 0.717) is 0 Å². The Labute approximate surface area is 215 Å². The molecule has 0 saturated heterocycles. The zero-order valence-electron chi connectivity index (χ0n) is 21.0. The van der Waals surface area contributed by atoms with Gasteiger partial charge in [0.25, 0.3) is 0 Å². The maximum Gasteiger partial charge on any atom is 0.143 e. The van der Waals surface area contributed by atoms with Gasteiger partial charge < -0.3 is 14.2 Å². The van der Waals surface area contributed by atoms with Gasteiger partial charge in [-0.2, -0.15) is 0 Å². The molecular formula is C34H27NO2. The Morgan fingerprint density at radius 1 is 0.595 bits per heavy atom. The van der Waals surface area contributed by atoms with E-state index < -0.39 is 0 Å². The molecule has 0 atom stereocenters. The van der Waals surface area contributed by atoms with Crippen molar-refractivity contribution in [1.82, 2.24) is 0 Å². The molecule has 7 rings (SSSR count). The van der Waals surface area contributed by atoms with Crippen molar-refractivity contribution < 1.29 is 8.83 Å². The summed E-state index contributed by atoms with van der Waals surface area (Å²) >= 11 is 0. The predicted molar refractivity (Wildman–Crippen MR) is 155 cm³/mol. The fourth-order valence-electron chi connectivity index (χ4n) is 5.45. The molecule has 2 heterocycles. The summed E-state index contributed by atoms with van der Waals surface area (Å²) in [6.07, 6.45) is 1.07. The number of aryl methyl sites for hydroxylation is 1. The molecule has 7 aromatic rings. The zero-order chi connectivity index (χ0) is 24.9. The van der Waals surface area contributed by atoms with Gasteiger partial charge >= 0.3 is 0 Å².